The Hall–Kier alpha value is -0.0800. The third-order valence-electron chi connectivity index (χ3n) is 4.27. The smallest absolute Gasteiger partial charge is 0.0218 e. The van der Waals surface area contributed by atoms with Crippen LogP contribution in [0.3, 0.4) is 0 Å². The van der Waals surface area contributed by atoms with Crippen molar-refractivity contribution in [3.63, 3.8) is 0 Å². The summed E-state index contributed by atoms with van der Waals surface area (Å²) >= 11 is 0. The molecule has 1 heterocycles. The second-order valence-corrected chi connectivity index (χ2v) is 6.03. The fraction of sp³-hybridized carbons (Fsp3) is 1.00. The third kappa shape index (κ3) is 2.36. The van der Waals surface area contributed by atoms with Gasteiger partial charge in [0.15, 0.2) is 0 Å². The minimum absolute atomic E-state index is 0.706. The van der Waals surface area contributed by atoms with Crippen LogP contribution in [-0.2, 0) is 0 Å². The summed E-state index contributed by atoms with van der Waals surface area (Å²) in [6.45, 7) is 11.8. The molecule has 15 heavy (non-hydrogen) atoms. The quantitative estimate of drug-likeness (QED) is 0.751. The minimum atomic E-state index is 0.706. The second kappa shape index (κ2) is 4.42. The van der Waals surface area contributed by atoms with Gasteiger partial charge < -0.3 is 5.32 Å². The molecule has 1 aliphatic carbocycles. The van der Waals surface area contributed by atoms with Crippen molar-refractivity contribution in [1.82, 2.24) is 10.2 Å². The average Bonchev–Trinajstić information content (AvgIpc) is 2.14. The lowest BCUT2D eigenvalue weighted by atomic mass is 9.79. The van der Waals surface area contributed by atoms with Crippen LogP contribution in [0.2, 0.25) is 0 Å². The molecular weight excluding hydrogens is 184 g/mol. The second-order valence-electron chi connectivity index (χ2n) is 6.03. The number of hydrogen-bond acceptors (Lipinski definition) is 2. The first-order valence-electron chi connectivity index (χ1n) is 6.57. The van der Waals surface area contributed by atoms with E-state index < -0.39 is 0 Å². The Morgan fingerprint density at radius 2 is 1.87 bits per heavy atom. The summed E-state index contributed by atoms with van der Waals surface area (Å²) in [6.07, 6.45) is 2.85. The fourth-order valence-corrected chi connectivity index (χ4v) is 3.00. The summed E-state index contributed by atoms with van der Waals surface area (Å²) in [6, 6.07) is 2.33. The highest BCUT2D eigenvalue weighted by molar-refractivity contribution is 4.93. The van der Waals surface area contributed by atoms with E-state index in [0.717, 1.165) is 23.9 Å². The van der Waals surface area contributed by atoms with E-state index in [1.54, 1.807) is 0 Å². The van der Waals surface area contributed by atoms with E-state index in [1.807, 2.05) is 0 Å². The van der Waals surface area contributed by atoms with Crippen molar-refractivity contribution in [2.75, 3.05) is 13.1 Å². The van der Waals surface area contributed by atoms with Gasteiger partial charge in [-0.05, 0) is 31.6 Å². The molecule has 0 aromatic heterocycles. The first-order chi connectivity index (χ1) is 7.08. The van der Waals surface area contributed by atoms with Gasteiger partial charge in [0.2, 0.25) is 0 Å². The van der Waals surface area contributed by atoms with Crippen LogP contribution in [0.5, 0.6) is 0 Å². The molecule has 2 rings (SSSR count). The summed E-state index contributed by atoms with van der Waals surface area (Å²) in [5.41, 5.74) is 0. The van der Waals surface area contributed by atoms with Crippen LogP contribution in [0.1, 0.15) is 40.5 Å². The van der Waals surface area contributed by atoms with Gasteiger partial charge in [-0.15, -0.1) is 0 Å². The van der Waals surface area contributed by atoms with Crippen LogP contribution in [0.25, 0.3) is 0 Å². The molecule has 0 amide bonds. The Morgan fingerprint density at radius 1 is 1.20 bits per heavy atom. The molecule has 0 aromatic carbocycles. The highest BCUT2D eigenvalue weighted by Crippen LogP contribution is 2.33. The summed E-state index contributed by atoms with van der Waals surface area (Å²) in [7, 11) is 0. The highest BCUT2D eigenvalue weighted by Gasteiger charge is 2.36. The molecule has 2 fully saturated rings. The Labute approximate surface area is 94.4 Å². The maximum Gasteiger partial charge on any atom is 0.0218 e. The average molecular weight is 210 g/mol. The molecule has 2 unspecified atom stereocenters. The maximum absolute atomic E-state index is 3.67. The standard InChI is InChI=1S/C13H26N2/c1-9(2)13-8-15(11(4)7-14-13)12-5-10(3)6-12/h9-14H,5-8H2,1-4H3. The molecule has 88 valence electrons. The molecular formula is C13H26N2. The van der Waals surface area contributed by atoms with Crippen molar-refractivity contribution in [3.8, 4) is 0 Å². The van der Waals surface area contributed by atoms with E-state index in [-0.39, 0.29) is 0 Å². The molecule has 1 saturated heterocycles. The minimum Gasteiger partial charge on any atom is -0.311 e. The number of nitrogens with one attached hydrogen (secondary N) is 1. The first kappa shape index (κ1) is 11.4. The van der Waals surface area contributed by atoms with Crippen LogP contribution in [0, 0.1) is 11.8 Å². The predicted octanol–water partition coefficient (Wildman–Crippen LogP) is 2.10. The van der Waals surface area contributed by atoms with Crippen LogP contribution in [-0.4, -0.2) is 36.1 Å². The molecule has 0 bridgehead atoms. The molecule has 1 saturated carbocycles. The van der Waals surface area contributed by atoms with E-state index >= 15 is 0 Å². The number of piperazine rings is 1. The highest BCUT2D eigenvalue weighted by atomic mass is 15.3. The molecule has 0 radical (unpaired) electrons. The summed E-state index contributed by atoms with van der Waals surface area (Å²) < 4.78 is 0. The topological polar surface area (TPSA) is 15.3 Å². The molecule has 2 heteroatoms. The summed E-state index contributed by atoms with van der Waals surface area (Å²) in [5, 5.41) is 3.67. The Bertz CT molecular complexity index is 209. The van der Waals surface area contributed by atoms with Gasteiger partial charge in [0.25, 0.3) is 0 Å². The largest absolute Gasteiger partial charge is 0.311 e. The van der Waals surface area contributed by atoms with E-state index in [2.05, 4.69) is 37.9 Å². The Balaban J connectivity index is 1.91. The lowest BCUT2D eigenvalue weighted by Crippen LogP contribution is -2.61. The Morgan fingerprint density at radius 3 is 2.40 bits per heavy atom. The summed E-state index contributed by atoms with van der Waals surface area (Å²) in [4.78, 5) is 2.75. The van der Waals surface area contributed by atoms with Gasteiger partial charge in [0, 0.05) is 31.2 Å². The number of rotatable bonds is 2. The van der Waals surface area contributed by atoms with Crippen molar-refractivity contribution in [1.29, 1.82) is 0 Å². The van der Waals surface area contributed by atoms with Gasteiger partial charge in [-0.25, -0.2) is 0 Å². The zero-order valence-electron chi connectivity index (χ0n) is 10.7. The van der Waals surface area contributed by atoms with Crippen molar-refractivity contribution in [3.05, 3.63) is 0 Å². The van der Waals surface area contributed by atoms with Gasteiger partial charge in [-0.3, -0.25) is 4.90 Å². The van der Waals surface area contributed by atoms with Gasteiger partial charge >= 0.3 is 0 Å². The zero-order chi connectivity index (χ0) is 11.0. The number of hydrogen-bond donors (Lipinski definition) is 1. The third-order valence-corrected chi connectivity index (χ3v) is 4.27. The molecule has 2 aliphatic rings. The maximum atomic E-state index is 3.67. The van der Waals surface area contributed by atoms with Crippen LogP contribution < -0.4 is 5.32 Å². The molecule has 2 atom stereocenters. The van der Waals surface area contributed by atoms with Crippen molar-refractivity contribution in [2.24, 2.45) is 11.8 Å². The van der Waals surface area contributed by atoms with Crippen LogP contribution in [0.4, 0.5) is 0 Å². The monoisotopic (exact) mass is 210 g/mol. The molecule has 1 N–H and O–H groups in total. The first-order valence-corrected chi connectivity index (χ1v) is 6.57. The summed E-state index contributed by atoms with van der Waals surface area (Å²) in [5.74, 6) is 1.73. The molecule has 0 spiro atoms. The number of nitrogens with zero attached hydrogens (tertiary/aromatic N) is 1. The van der Waals surface area contributed by atoms with Crippen LogP contribution >= 0.6 is 0 Å². The van der Waals surface area contributed by atoms with E-state index in [4.69, 9.17) is 0 Å². The van der Waals surface area contributed by atoms with Gasteiger partial charge in [0.05, 0.1) is 0 Å². The van der Waals surface area contributed by atoms with Crippen molar-refractivity contribution in [2.45, 2.75) is 58.7 Å². The van der Waals surface area contributed by atoms with Gasteiger partial charge in [-0.1, -0.05) is 20.8 Å². The lowest BCUT2D eigenvalue weighted by molar-refractivity contribution is 0.0179. The van der Waals surface area contributed by atoms with Crippen molar-refractivity contribution >= 4 is 0 Å². The van der Waals surface area contributed by atoms with E-state index in [9.17, 15) is 0 Å². The van der Waals surface area contributed by atoms with Gasteiger partial charge in [0.1, 0.15) is 0 Å². The van der Waals surface area contributed by atoms with Crippen LogP contribution in [0.15, 0.2) is 0 Å². The predicted molar refractivity (Wildman–Crippen MR) is 65.0 cm³/mol. The Kier molecular flexibility index (Phi) is 3.36. The van der Waals surface area contributed by atoms with Gasteiger partial charge in [-0.2, -0.15) is 0 Å². The van der Waals surface area contributed by atoms with Crippen molar-refractivity contribution < 1.29 is 0 Å². The van der Waals surface area contributed by atoms with E-state index in [0.29, 0.717) is 6.04 Å². The lowest BCUT2D eigenvalue weighted by Gasteiger charge is -2.49. The normalized spacial score (nSPS) is 43.0. The van der Waals surface area contributed by atoms with E-state index in [1.165, 1.54) is 25.9 Å². The zero-order valence-corrected chi connectivity index (χ0v) is 10.7. The molecule has 2 nitrogen and oxygen atoms in total. The SMILES string of the molecule is CC1CC(N2CC(C(C)C)NCC2C)C1. The fourth-order valence-electron chi connectivity index (χ4n) is 3.00. The molecule has 0 aromatic rings. The molecule has 1 aliphatic heterocycles.